The van der Waals surface area contributed by atoms with Gasteiger partial charge >= 0.3 is 0 Å². The van der Waals surface area contributed by atoms with Gasteiger partial charge in [-0.2, -0.15) is 4.73 Å². The van der Waals surface area contributed by atoms with E-state index >= 15 is 0 Å². The van der Waals surface area contributed by atoms with Gasteiger partial charge in [0.15, 0.2) is 22.9 Å². The summed E-state index contributed by atoms with van der Waals surface area (Å²) in [4.78, 5) is 7.94. The first-order valence-electron chi connectivity index (χ1n) is 6.31. The molecule has 2 aromatic heterocycles. The lowest BCUT2D eigenvalue weighted by Gasteiger charge is -2.17. The Morgan fingerprint density at radius 3 is 2.62 bits per heavy atom. The highest BCUT2D eigenvalue weighted by atomic mass is 16.5. The SMILES string of the molecule is N=c1c2ncn([C@@H]3O[C@H](CO)[C@@H](CO)[C@H]3O)c2ncn1O. The zero-order chi connectivity index (χ0) is 15.1. The summed E-state index contributed by atoms with van der Waals surface area (Å²) in [6.45, 7) is -0.664. The van der Waals surface area contributed by atoms with Gasteiger partial charge in [0.2, 0.25) is 0 Å². The van der Waals surface area contributed by atoms with Crippen LogP contribution in [0.1, 0.15) is 6.23 Å². The van der Waals surface area contributed by atoms with Crippen LogP contribution in [0, 0.1) is 11.3 Å². The number of hydrogen-bond acceptors (Lipinski definition) is 8. The van der Waals surface area contributed by atoms with E-state index in [1.165, 1.54) is 10.9 Å². The Morgan fingerprint density at radius 1 is 1.24 bits per heavy atom. The third kappa shape index (κ3) is 2.00. The molecular formula is C11H15N5O5. The van der Waals surface area contributed by atoms with E-state index in [4.69, 9.17) is 10.1 Å². The molecule has 0 aromatic carbocycles. The van der Waals surface area contributed by atoms with Gasteiger partial charge in [-0.05, 0) is 0 Å². The van der Waals surface area contributed by atoms with Gasteiger partial charge in [0.1, 0.15) is 12.4 Å². The van der Waals surface area contributed by atoms with Gasteiger partial charge in [0.25, 0.3) is 0 Å². The second-order valence-electron chi connectivity index (χ2n) is 4.85. The lowest BCUT2D eigenvalue weighted by Crippen LogP contribution is -2.30. The fourth-order valence-corrected chi connectivity index (χ4v) is 2.54. The van der Waals surface area contributed by atoms with E-state index in [0.717, 1.165) is 6.33 Å². The summed E-state index contributed by atoms with van der Waals surface area (Å²) in [7, 11) is 0. The van der Waals surface area contributed by atoms with Crippen molar-refractivity contribution in [3.05, 3.63) is 18.1 Å². The van der Waals surface area contributed by atoms with Gasteiger partial charge in [-0.15, -0.1) is 0 Å². The normalized spacial score (nSPS) is 29.3. The van der Waals surface area contributed by atoms with Crippen LogP contribution >= 0.6 is 0 Å². The highest BCUT2D eigenvalue weighted by molar-refractivity contribution is 5.68. The first-order chi connectivity index (χ1) is 10.1. The van der Waals surface area contributed by atoms with E-state index in [1.54, 1.807) is 0 Å². The maximum Gasteiger partial charge on any atom is 0.192 e. The van der Waals surface area contributed by atoms with Crippen LogP contribution in [0.3, 0.4) is 0 Å². The molecule has 0 unspecified atom stereocenters. The highest BCUT2D eigenvalue weighted by Gasteiger charge is 2.44. The summed E-state index contributed by atoms with van der Waals surface area (Å²) < 4.78 is 7.48. The molecular weight excluding hydrogens is 282 g/mol. The molecule has 10 nitrogen and oxygen atoms in total. The van der Waals surface area contributed by atoms with E-state index in [0.29, 0.717) is 4.73 Å². The van der Waals surface area contributed by atoms with Crippen LogP contribution in [0.2, 0.25) is 0 Å². The van der Waals surface area contributed by atoms with E-state index in [9.17, 15) is 20.5 Å². The average molecular weight is 297 g/mol. The first kappa shape index (κ1) is 13.9. The van der Waals surface area contributed by atoms with Crippen LogP contribution in [0.4, 0.5) is 0 Å². The smallest absolute Gasteiger partial charge is 0.192 e. The molecule has 1 saturated heterocycles. The van der Waals surface area contributed by atoms with Crippen LogP contribution in [-0.2, 0) is 4.74 Å². The molecule has 0 radical (unpaired) electrons. The number of aliphatic hydroxyl groups excluding tert-OH is 3. The van der Waals surface area contributed by atoms with Crippen LogP contribution < -0.4 is 5.49 Å². The molecule has 3 heterocycles. The summed E-state index contributed by atoms with van der Waals surface area (Å²) in [5.41, 5.74) is 0.150. The Hall–Kier alpha value is -2.01. The molecule has 114 valence electrons. The predicted molar refractivity (Wildman–Crippen MR) is 66.1 cm³/mol. The molecule has 1 aliphatic heterocycles. The van der Waals surface area contributed by atoms with Crippen molar-refractivity contribution in [3.63, 3.8) is 0 Å². The number of imidazole rings is 1. The minimum atomic E-state index is -1.05. The summed E-state index contributed by atoms with van der Waals surface area (Å²) >= 11 is 0. The summed E-state index contributed by atoms with van der Waals surface area (Å²) in [5.74, 6) is -0.626. The lowest BCUT2D eigenvalue weighted by atomic mass is 9.99. The van der Waals surface area contributed by atoms with Crippen LogP contribution in [0.15, 0.2) is 12.7 Å². The Labute approximate surface area is 118 Å². The molecule has 21 heavy (non-hydrogen) atoms. The molecule has 0 amide bonds. The van der Waals surface area contributed by atoms with Gasteiger partial charge in [-0.3, -0.25) is 9.98 Å². The van der Waals surface area contributed by atoms with Crippen molar-refractivity contribution >= 4 is 11.2 Å². The van der Waals surface area contributed by atoms with Crippen molar-refractivity contribution in [3.8, 4) is 0 Å². The number of fused-ring (bicyclic) bond motifs is 1. The standard InChI is InChI=1S/C11H15N5O5/c12-9-7-10(14-4-16(9)20)15(3-13-7)11-8(19)5(1-17)6(2-18)21-11/h3-6,8,11-12,17-20H,1-2H2/t5-,6-,8-,11-/m1/s1. The first-order valence-corrected chi connectivity index (χ1v) is 6.31. The topological polar surface area (TPSA) is 150 Å². The summed E-state index contributed by atoms with van der Waals surface area (Å²) in [6.07, 6.45) is -0.267. The second-order valence-corrected chi connectivity index (χ2v) is 4.85. The predicted octanol–water partition coefficient (Wildman–Crippen LogP) is -2.19. The monoisotopic (exact) mass is 297 g/mol. The van der Waals surface area contributed by atoms with Crippen LogP contribution in [0.25, 0.3) is 11.2 Å². The molecule has 1 aliphatic rings. The van der Waals surface area contributed by atoms with Crippen molar-refractivity contribution in [1.82, 2.24) is 19.3 Å². The highest BCUT2D eigenvalue weighted by Crippen LogP contribution is 2.34. The Balaban J connectivity index is 2.05. The van der Waals surface area contributed by atoms with Crippen molar-refractivity contribution in [1.29, 1.82) is 5.41 Å². The second kappa shape index (κ2) is 5.07. The molecule has 10 heteroatoms. The van der Waals surface area contributed by atoms with Crippen molar-refractivity contribution in [2.45, 2.75) is 18.4 Å². The Morgan fingerprint density at radius 2 is 2.00 bits per heavy atom. The van der Waals surface area contributed by atoms with Gasteiger partial charge < -0.3 is 25.3 Å². The van der Waals surface area contributed by atoms with Gasteiger partial charge in [0.05, 0.1) is 25.6 Å². The minimum absolute atomic E-state index is 0.142. The quantitative estimate of drug-likeness (QED) is 0.404. The zero-order valence-corrected chi connectivity index (χ0v) is 10.9. The maximum atomic E-state index is 10.2. The average Bonchev–Trinajstić information content (AvgIpc) is 3.03. The lowest BCUT2D eigenvalue weighted by molar-refractivity contribution is -0.0496. The molecule has 0 aliphatic carbocycles. The molecule has 3 rings (SSSR count). The summed E-state index contributed by atoms with van der Waals surface area (Å²) in [5, 5.41) is 45.8. The van der Waals surface area contributed by atoms with Gasteiger partial charge in [0, 0.05) is 5.92 Å². The fraction of sp³-hybridized carbons (Fsp3) is 0.545. The molecule has 4 atom stereocenters. The summed E-state index contributed by atoms with van der Waals surface area (Å²) in [6, 6.07) is 0. The van der Waals surface area contributed by atoms with Crippen molar-refractivity contribution in [2.24, 2.45) is 5.92 Å². The Bertz CT molecular complexity index is 713. The molecule has 5 N–H and O–H groups in total. The van der Waals surface area contributed by atoms with Crippen molar-refractivity contribution < 1.29 is 25.3 Å². The molecule has 2 aromatic rings. The fourth-order valence-electron chi connectivity index (χ4n) is 2.54. The molecule has 0 bridgehead atoms. The molecule has 0 spiro atoms. The number of aromatic nitrogens is 4. The molecule has 1 fully saturated rings. The van der Waals surface area contributed by atoms with Crippen LogP contribution in [0.5, 0.6) is 0 Å². The van der Waals surface area contributed by atoms with E-state index in [1.807, 2.05) is 0 Å². The third-order valence-electron chi connectivity index (χ3n) is 3.70. The number of nitrogens with one attached hydrogen (secondary N) is 1. The number of aliphatic hydroxyl groups is 3. The largest absolute Gasteiger partial charge is 0.425 e. The van der Waals surface area contributed by atoms with Gasteiger partial charge in [-0.25, -0.2) is 9.97 Å². The minimum Gasteiger partial charge on any atom is -0.425 e. The van der Waals surface area contributed by atoms with E-state index in [-0.39, 0.29) is 29.9 Å². The Kier molecular flexibility index (Phi) is 3.37. The van der Waals surface area contributed by atoms with Crippen LogP contribution in [-0.4, -0.2) is 65.2 Å². The van der Waals surface area contributed by atoms with Crippen molar-refractivity contribution in [2.75, 3.05) is 13.2 Å². The van der Waals surface area contributed by atoms with Gasteiger partial charge in [-0.1, -0.05) is 0 Å². The maximum absolute atomic E-state index is 10.2. The number of hydrogen-bond donors (Lipinski definition) is 5. The third-order valence-corrected chi connectivity index (χ3v) is 3.70. The zero-order valence-electron chi connectivity index (χ0n) is 10.9. The molecule has 0 saturated carbocycles. The number of nitrogens with zero attached hydrogens (tertiary/aromatic N) is 4. The van der Waals surface area contributed by atoms with E-state index < -0.39 is 24.4 Å². The number of rotatable bonds is 3. The van der Waals surface area contributed by atoms with E-state index in [2.05, 4.69) is 9.97 Å². The number of ether oxygens (including phenoxy) is 1.